The van der Waals surface area contributed by atoms with Gasteiger partial charge in [0.25, 0.3) is 5.91 Å². The van der Waals surface area contributed by atoms with E-state index in [1.54, 1.807) is 12.1 Å². The number of nitrogens with zero attached hydrogens (tertiary/aromatic N) is 1. The molecule has 0 unspecified atom stereocenters. The van der Waals surface area contributed by atoms with Gasteiger partial charge >= 0.3 is 0 Å². The zero-order valence-corrected chi connectivity index (χ0v) is 13.3. The second-order valence-electron chi connectivity index (χ2n) is 6.11. The monoisotopic (exact) mass is 312 g/mol. The maximum atomic E-state index is 13.0. The third-order valence-electron chi connectivity index (χ3n) is 4.19. The van der Waals surface area contributed by atoms with E-state index in [2.05, 4.69) is 5.32 Å². The highest BCUT2D eigenvalue weighted by molar-refractivity contribution is 5.94. The van der Waals surface area contributed by atoms with E-state index in [9.17, 15) is 9.18 Å². The molecule has 1 atom stereocenters. The highest BCUT2D eigenvalue weighted by Gasteiger charge is 2.24. The van der Waals surface area contributed by atoms with E-state index in [4.69, 9.17) is 0 Å². The Morgan fingerprint density at radius 2 is 2.00 bits per heavy atom. The molecule has 4 heteroatoms. The normalized spacial score (nSPS) is 17.8. The number of aryl methyl sites for hydroxylation is 1. The summed E-state index contributed by atoms with van der Waals surface area (Å²) in [5.41, 5.74) is 2.72. The van der Waals surface area contributed by atoms with Crippen molar-refractivity contribution in [2.45, 2.75) is 25.8 Å². The lowest BCUT2D eigenvalue weighted by Gasteiger charge is -2.33. The smallest absolute Gasteiger partial charge is 0.253 e. The van der Waals surface area contributed by atoms with E-state index >= 15 is 0 Å². The summed E-state index contributed by atoms with van der Waals surface area (Å²) in [5.74, 6) is -0.158. The van der Waals surface area contributed by atoms with E-state index in [0.29, 0.717) is 6.54 Å². The fourth-order valence-electron chi connectivity index (χ4n) is 3.02. The third-order valence-corrected chi connectivity index (χ3v) is 4.19. The van der Waals surface area contributed by atoms with Gasteiger partial charge in [-0.1, -0.05) is 17.7 Å². The van der Waals surface area contributed by atoms with Crippen LogP contribution in [0, 0.1) is 12.7 Å². The molecular formula is C19H21FN2O. The van der Waals surface area contributed by atoms with Crippen LogP contribution >= 0.6 is 0 Å². The van der Waals surface area contributed by atoms with Crippen LogP contribution in [0.25, 0.3) is 0 Å². The van der Waals surface area contributed by atoms with Crippen LogP contribution in [0.4, 0.5) is 10.1 Å². The second kappa shape index (κ2) is 6.82. The van der Waals surface area contributed by atoms with Gasteiger partial charge in [-0.3, -0.25) is 4.79 Å². The van der Waals surface area contributed by atoms with Gasteiger partial charge in [0.1, 0.15) is 5.82 Å². The molecule has 23 heavy (non-hydrogen) atoms. The van der Waals surface area contributed by atoms with Gasteiger partial charge in [-0.2, -0.15) is 0 Å². The summed E-state index contributed by atoms with van der Waals surface area (Å²) < 4.78 is 13.0. The van der Waals surface area contributed by atoms with Crippen molar-refractivity contribution in [2.24, 2.45) is 0 Å². The van der Waals surface area contributed by atoms with Gasteiger partial charge in [-0.15, -0.1) is 0 Å². The highest BCUT2D eigenvalue weighted by atomic mass is 19.1. The summed E-state index contributed by atoms with van der Waals surface area (Å²) in [7, 11) is 0. The average molecular weight is 312 g/mol. The maximum absolute atomic E-state index is 13.0. The standard InChI is InChI=1S/C19H21FN2O/c1-14-4-2-5-15(12-14)19(23)22-11-3-6-18(13-22)21-17-9-7-16(20)8-10-17/h2,4-5,7-10,12,18,21H,3,6,11,13H2,1H3/t18-/m0/s1. The van der Waals surface area contributed by atoms with Crippen LogP contribution in [0.15, 0.2) is 48.5 Å². The van der Waals surface area contributed by atoms with E-state index in [1.165, 1.54) is 12.1 Å². The van der Waals surface area contributed by atoms with Crippen LogP contribution in [-0.4, -0.2) is 29.9 Å². The van der Waals surface area contributed by atoms with E-state index in [0.717, 1.165) is 36.2 Å². The number of carbonyl (C=O) groups excluding carboxylic acids is 1. The molecule has 0 aromatic heterocycles. The molecule has 0 aliphatic carbocycles. The Bertz CT molecular complexity index is 684. The molecule has 0 saturated carbocycles. The van der Waals surface area contributed by atoms with Crippen molar-refractivity contribution < 1.29 is 9.18 Å². The molecule has 1 saturated heterocycles. The molecule has 1 fully saturated rings. The first-order valence-electron chi connectivity index (χ1n) is 8.00. The summed E-state index contributed by atoms with van der Waals surface area (Å²) in [6.45, 7) is 3.45. The Kier molecular flexibility index (Phi) is 4.60. The number of rotatable bonds is 3. The topological polar surface area (TPSA) is 32.3 Å². The van der Waals surface area contributed by atoms with Crippen molar-refractivity contribution in [1.29, 1.82) is 0 Å². The van der Waals surface area contributed by atoms with Gasteiger partial charge < -0.3 is 10.2 Å². The fourth-order valence-corrected chi connectivity index (χ4v) is 3.02. The summed E-state index contributed by atoms with van der Waals surface area (Å²) >= 11 is 0. The first-order chi connectivity index (χ1) is 11.1. The van der Waals surface area contributed by atoms with Crippen LogP contribution < -0.4 is 5.32 Å². The molecule has 1 N–H and O–H groups in total. The molecule has 120 valence electrons. The molecule has 1 aliphatic rings. The first-order valence-corrected chi connectivity index (χ1v) is 8.00. The minimum absolute atomic E-state index is 0.0827. The number of hydrogen-bond acceptors (Lipinski definition) is 2. The average Bonchev–Trinajstić information content (AvgIpc) is 2.56. The highest BCUT2D eigenvalue weighted by Crippen LogP contribution is 2.18. The van der Waals surface area contributed by atoms with Gasteiger partial charge in [-0.25, -0.2) is 4.39 Å². The van der Waals surface area contributed by atoms with Crippen molar-refractivity contribution in [3.63, 3.8) is 0 Å². The molecule has 0 spiro atoms. The predicted molar refractivity (Wildman–Crippen MR) is 90.1 cm³/mol. The van der Waals surface area contributed by atoms with Gasteiger partial charge in [0.15, 0.2) is 0 Å². The van der Waals surface area contributed by atoms with Gasteiger partial charge in [0.2, 0.25) is 0 Å². The number of nitrogens with one attached hydrogen (secondary N) is 1. The lowest BCUT2D eigenvalue weighted by Crippen LogP contribution is -2.45. The van der Waals surface area contributed by atoms with Crippen molar-refractivity contribution in [1.82, 2.24) is 4.90 Å². The molecule has 0 radical (unpaired) electrons. The van der Waals surface area contributed by atoms with Gasteiger partial charge in [0.05, 0.1) is 0 Å². The van der Waals surface area contributed by atoms with Crippen LogP contribution in [-0.2, 0) is 0 Å². The first kappa shape index (κ1) is 15.5. The molecule has 2 aromatic carbocycles. The van der Waals surface area contributed by atoms with E-state index in [1.807, 2.05) is 36.1 Å². The summed E-state index contributed by atoms with van der Waals surface area (Å²) in [4.78, 5) is 14.5. The van der Waals surface area contributed by atoms with Gasteiger partial charge in [0, 0.05) is 30.4 Å². The zero-order valence-electron chi connectivity index (χ0n) is 13.3. The quantitative estimate of drug-likeness (QED) is 0.933. The van der Waals surface area contributed by atoms with Crippen molar-refractivity contribution >= 4 is 11.6 Å². The zero-order chi connectivity index (χ0) is 16.2. The minimum Gasteiger partial charge on any atom is -0.381 e. The number of likely N-dealkylation sites (tertiary alicyclic amines) is 1. The molecule has 1 amide bonds. The number of hydrogen-bond donors (Lipinski definition) is 1. The molecule has 1 heterocycles. The molecule has 1 aliphatic heterocycles. The number of carbonyl (C=O) groups is 1. The third kappa shape index (κ3) is 3.89. The Balaban J connectivity index is 1.66. The Hall–Kier alpha value is -2.36. The van der Waals surface area contributed by atoms with E-state index < -0.39 is 0 Å². The van der Waals surface area contributed by atoms with Crippen LogP contribution in [0.2, 0.25) is 0 Å². The number of amides is 1. The molecule has 3 nitrogen and oxygen atoms in total. The van der Waals surface area contributed by atoms with Crippen LogP contribution in [0.1, 0.15) is 28.8 Å². The number of anilines is 1. The maximum Gasteiger partial charge on any atom is 0.253 e. The predicted octanol–water partition coefficient (Wildman–Crippen LogP) is 3.85. The summed E-state index contributed by atoms with van der Waals surface area (Å²) in [5, 5.41) is 3.40. The largest absolute Gasteiger partial charge is 0.381 e. The Morgan fingerprint density at radius 3 is 2.74 bits per heavy atom. The van der Waals surface area contributed by atoms with Crippen LogP contribution in [0.5, 0.6) is 0 Å². The second-order valence-corrected chi connectivity index (χ2v) is 6.11. The van der Waals surface area contributed by atoms with Crippen molar-refractivity contribution in [3.05, 3.63) is 65.5 Å². The van der Waals surface area contributed by atoms with Crippen LogP contribution in [0.3, 0.4) is 0 Å². The minimum atomic E-state index is -0.240. The number of piperidine rings is 1. The molecule has 0 bridgehead atoms. The molecular weight excluding hydrogens is 291 g/mol. The van der Waals surface area contributed by atoms with Crippen molar-refractivity contribution in [3.8, 4) is 0 Å². The Labute approximate surface area is 136 Å². The Morgan fingerprint density at radius 1 is 1.22 bits per heavy atom. The molecule has 2 aromatic rings. The lowest BCUT2D eigenvalue weighted by atomic mass is 10.0. The molecule has 3 rings (SSSR count). The lowest BCUT2D eigenvalue weighted by molar-refractivity contribution is 0.0714. The number of benzene rings is 2. The SMILES string of the molecule is Cc1cccc(C(=O)N2CCC[C@H](Nc3ccc(F)cc3)C2)c1. The van der Waals surface area contributed by atoms with E-state index in [-0.39, 0.29) is 17.8 Å². The summed E-state index contributed by atoms with van der Waals surface area (Å²) in [6, 6.07) is 14.3. The van der Waals surface area contributed by atoms with Crippen molar-refractivity contribution in [2.75, 3.05) is 18.4 Å². The fraction of sp³-hybridized carbons (Fsp3) is 0.316. The summed E-state index contributed by atoms with van der Waals surface area (Å²) in [6.07, 6.45) is 1.98. The van der Waals surface area contributed by atoms with Gasteiger partial charge in [-0.05, 0) is 56.2 Å². The number of halogens is 1.